The highest BCUT2D eigenvalue weighted by Crippen LogP contribution is 2.39. The van der Waals surface area contributed by atoms with Crippen LogP contribution in [0.25, 0.3) is 0 Å². The van der Waals surface area contributed by atoms with Crippen LogP contribution < -0.4 is 5.32 Å². The van der Waals surface area contributed by atoms with Gasteiger partial charge in [-0.15, -0.1) is 12.4 Å². The molecule has 31 heavy (non-hydrogen) atoms. The number of nitrogens with zero attached hydrogens (tertiary/aromatic N) is 2. The molecule has 2 aromatic rings. The molecule has 0 bridgehead atoms. The van der Waals surface area contributed by atoms with E-state index in [-0.39, 0.29) is 30.1 Å². The van der Waals surface area contributed by atoms with E-state index in [0.717, 1.165) is 43.9 Å². The highest BCUT2D eigenvalue weighted by atomic mass is 35.5. The zero-order valence-corrected chi connectivity index (χ0v) is 18.3. The summed E-state index contributed by atoms with van der Waals surface area (Å²) in [5.41, 5.74) is -0.342. The number of benzene rings is 1. The van der Waals surface area contributed by atoms with E-state index < -0.39 is 22.7 Å². The summed E-state index contributed by atoms with van der Waals surface area (Å²) in [6, 6.07) is 7.30. The van der Waals surface area contributed by atoms with Gasteiger partial charge in [-0.2, -0.15) is 13.2 Å². The molecule has 4 nitrogen and oxygen atoms in total. The fourth-order valence-corrected chi connectivity index (χ4v) is 5.08. The maximum absolute atomic E-state index is 13.2. The lowest BCUT2D eigenvalue weighted by Gasteiger charge is -2.38. The number of aromatic nitrogens is 1. The van der Waals surface area contributed by atoms with E-state index in [9.17, 15) is 18.0 Å². The maximum atomic E-state index is 13.2. The number of carbonyl (C=O) groups excluding carboxylic acids is 1. The van der Waals surface area contributed by atoms with Crippen LogP contribution >= 0.6 is 24.0 Å². The van der Waals surface area contributed by atoms with Gasteiger partial charge in [-0.25, -0.2) is 0 Å². The number of halogens is 5. The highest BCUT2D eigenvalue weighted by molar-refractivity contribution is 6.34. The van der Waals surface area contributed by atoms with E-state index >= 15 is 0 Å². The van der Waals surface area contributed by atoms with Crippen LogP contribution in [-0.4, -0.2) is 34.4 Å². The lowest BCUT2D eigenvalue weighted by atomic mass is 9.97. The first-order valence-electron chi connectivity index (χ1n) is 10.2. The summed E-state index contributed by atoms with van der Waals surface area (Å²) in [6.07, 6.45) is 4.17. The van der Waals surface area contributed by atoms with E-state index in [2.05, 4.69) is 15.2 Å². The second kappa shape index (κ2) is 9.76. The van der Waals surface area contributed by atoms with Crippen LogP contribution in [0.1, 0.15) is 59.6 Å². The van der Waals surface area contributed by atoms with Gasteiger partial charge in [0.1, 0.15) is 0 Å². The quantitative estimate of drug-likeness (QED) is 0.622. The van der Waals surface area contributed by atoms with Crippen molar-refractivity contribution < 1.29 is 18.0 Å². The van der Waals surface area contributed by atoms with Gasteiger partial charge in [0.15, 0.2) is 0 Å². The first kappa shape index (κ1) is 23.8. The lowest BCUT2D eigenvalue weighted by molar-refractivity contribution is -0.137. The molecule has 0 spiro atoms. The van der Waals surface area contributed by atoms with Crippen molar-refractivity contribution in [2.75, 3.05) is 6.54 Å². The van der Waals surface area contributed by atoms with Crippen LogP contribution in [0.15, 0.2) is 42.7 Å². The Morgan fingerprint density at radius 1 is 1.16 bits per heavy atom. The molecule has 3 heterocycles. The Morgan fingerprint density at radius 2 is 1.97 bits per heavy atom. The second-order valence-electron chi connectivity index (χ2n) is 7.93. The average molecular weight is 474 g/mol. The van der Waals surface area contributed by atoms with Gasteiger partial charge in [0.2, 0.25) is 0 Å². The number of pyridine rings is 1. The minimum absolute atomic E-state index is 0. The molecule has 1 amide bonds. The first-order valence-corrected chi connectivity index (χ1v) is 10.6. The van der Waals surface area contributed by atoms with E-state index in [0.29, 0.717) is 6.04 Å². The summed E-state index contributed by atoms with van der Waals surface area (Å²) in [6.45, 7) is 0.965. The van der Waals surface area contributed by atoms with Crippen molar-refractivity contribution in [3.05, 3.63) is 64.4 Å². The summed E-state index contributed by atoms with van der Waals surface area (Å²) >= 11 is 5.98. The maximum Gasteiger partial charge on any atom is 0.417 e. The van der Waals surface area contributed by atoms with Crippen LogP contribution in [0.2, 0.25) is 5.02 Å². The topological polar surface area (TPSA) is 45.2 Å². The number of hydrogen-bond donors (Lipinski definition) is 1. The molecule has 3 atom stereocenters. The number of nitrogens with one attached hydrogen (secondary N) is 1. The molecule has 168 valence electrons. The van der Waals surface area contributed by atoms with Crippen molar-refractivity contribution in [3.63, 3.8) is 0 Å². The van der Waals surface area contributed by atoms with Gasteiger partial charge >= 0.3 is 6.18 Å². The minimum Gasteiger partial charge on any atom is -0.344 e. The minimum atomic E-state index is -4.62. The fourth-order valence-electron chi connectivity index (χ4n) is 4.76. The molecule has 1 aromatic carbocycles. The SMILES string of the molecule is Cl.O=C(NC(c1cccnc1)[C@@H]1CC[C@H]2CCCCN21)c1cccc(C(F)(F)F)c1Cl. The molecule has 2 fully saturated rings. The Labute approximate surface area is 190 Å². The normalized spacial score (nSPS) is 22.3. The summed E-state index contributed by atoms with van der Waals surface area (Å²) < 4.78 is 39.7. The van der Waals surface area contributed by atoms with Crippen molar-refractivity contribution in [2.24, 2.45) is 0 Å². The molecular formula is C22H24Cl2F3N3O. The van der Waals surface area contributed by atoms with E-state index in [1.807, 2.05) is 6.07 Å². The fraction of sp³-hybridized carbons (Fsp3) is 0.455. The van der Waals surface area contributed by atoms with Crippen LogP contribution in [0, 0.1) is 0 Å². The molecule has 2 aliphatic heterocycles. The first-order chi connectivity index (χ1) is 14.4. The number of fused-ring (bicyclic) bond motifs is 1. The molecule has 1 unspecified atom stereocenters. The largest absolute Gasteiger partial charge is 0.417 e. The van der Waals surface area contributed by atoms with E-state index in [1.165, 1.54) is 18.6 Å². The van der Waals surface area contributed by atoms with Crippen molar-refractivity contribution in [3.8, 4) is 0 Å². The molecule has 0 aliphatic carbocycles. The Bertz CT molecular complexity index is 911. The average Bonchev–Trinajstić information content (AvgIpc) is 3.15. The Morgan fingerprint density at radius 3 is 2.68 bits per heavy atom. The molecular weight excluding hydrogens is 450 g/mol. The third kappa shape index (κ3) is 4.99. The molecule has 0 saturated carbocycles. The standard InChI is InChI=1S/C22H23ClF3N3O.ClH/c23-19-16(7-3-8-17(19)22(24,25)26)21(30)28-20(14-5-4-11-27-13-14)18-10-9-15-6-1-2-12-29(15)18;/h3-5,7-8,11,13,15,18,20H,1-2,6,9-10,12H2,(H,28,30);1H/t15-,18+,20?;/m1./s1. The van der Waals surface area contributed by atoms with Crippen LogP contribution in [0.5, 0.6) is 0 Å². The third-order valence-corrected chi connectivity index (χ3v) is 6.57. The number of hydrogen-bond acceptors (Lipinski definition) is 3. The summed E-state index contributed by atoms with van der Waals surface area (Å²) in [5, 5.41) is 2.40. The van der Waals surface area contributed by atoms with Gasteiger partial charge in [-0.05, 0) is 56.0 Å². The molecule has 1 N–H and O–H groups in total. The van der Waals surface area contributed by atoms with Gasteiger partial charge in [0, 0.05) is 24.5 Å². The van der Waals surface area contributed by atoms with E-state index in [1.54, 1.807) is 18.5 Å². The monoisotopic (exact) mass is 473 g/mol. The molecule has 4 rings (SSSR count). The van der Waals surface area contributed by atoms with Crippen LogP contribution in [0.4, 0.5) is 13.2 Å². The van der Waals surface area contributed by atoms with Gasteiger partial charge in [-0.3, -0.25) is 14.7 Å². The zero-order valence-electron chi connectivity index (χ0n) is 16.7. The Hall–Kier alpha value is -1.83. The molecule has 1 aromatic heterocycles. The molecule has 2 saturated heterocycles. The van der Waals surface area contributed by atoms with Crippen LogP contribution in [-0.2, 0) is 6.18 Å². The van der Waals surface area contributed by atoms with Gasteiger partial charge in [-0.1, -0.05) is 30.2 Å². The summed E-state index contributed by atoms with van der Waals surface area (Å²) in [7, 11) is 0. The lowest BCUT2D eigenvalue weighted by Crippen LogP contribution is -2.47. The number of carbonyl (C=O) groups is 1. The van der Waals surface area contributed by atoms with Gasteiger partial charge in [0.25, 0.3) is 5.91 Å². The molecule has 2 aliphatic rings. The van der Waals surface area contributed by atoms with Crippen molar-refractivity contribution in [1.29, 1.82) is 0 Å². The number of rotatable bonds is 4. The van der Waals surface area contributed by atoms with Crippen molar-refractivity contribution in [2.45, 2.75) is 56.4 Å². The Kier molecular flexibility index (Phi) is 7.50. The number of piperidine rings is 1. The summed E-state index contributed by atoms with van der Waals surface area (Å²) in [4.78, 5) is 19.7. The third-order valence-electron chi connectivity index (χ3n) is 6.16. The Balaban J connectivity index is 0.00000272. The van der Waals surface area contributed by atoms with Crippen LogP contribution in [0.3, 0.4) is 0 Å². The smallest absolute Gasteiger partial charge is 0.344 e. The van der Waals surface area contributed by atoms with E-state index in [4.69, 9.17) is 11.6 Å². The number of amides is 1. The highest BCUT2D eigenvalue weighted by Gasteiger charge is 2.41. The van der Waals surface area contributed by atoms with Crippen molar-refractivity contribution >= 4 is 29.9 Å². The van der Waals surface area contributed by atoms with Crippen molar-refractivity contribution in [1.82, 2.24) is 15.2 Å². The summed E-state index contributed by atoms with van der Waals surface area (Å²) in [5.74, 6) is -0.611. The molecule has 9 heteroatoms. The molecule has 0 radical (unpaired) electrons. The van der Waals surface area contributed by atoms with Gasteiger partial charge < -0.3 is 5.32 Å². The zero-order chi connectivity index (χ0) is 21.3. The second-order valence-corrected chi connectivity index (χ2v) is 8.31. The number of alkyl halides is 3. The predicted molar refractivity (Wildman–Crippen MR) is 116 cm³/mol. The van der Waals surface area contributed by atoms with Gasteiger partial charge in [0.05, 0.1) is 22.2 Å². The predicted octanol–water partition coefficient (Wildman–Crippen LogP) is 5.66.